The van der Waals surface area contributed by atoms with Gasteiger partial charge in [0.25, 0.3) is 5.91 Å². The van der Waals surface area contributed by atoms with Crippen molar-refractivity contribution in [3.05, 3.63) is 47.5 Å². The number of anilines is 2. The van der Waals surface area contributed by atoms with E-state index in [9.17, 15) is 19.8 Å². The Morgan fingerprint density at radius 3 is 2.65 bits per heavy atom. The van der Waals surface area contributed by atoms with Crippen LogP contribution in [0.5, 0.6) is 11.5 Å². The number of fused-ring (bicyclic) bond motifs is 1. The Balaban J connectivity index is 1.62. The zero-order valence-electron chi connectivity index (χ0n) is 17.4. The molecule has 2 aromatic carbocycles. The van der Waals surface area contributed by atoms with Gasteiger partial charge >= 0.3 is 0 Å². The Morgan fingerprint density at radius 1 is 1.26 bits per heavy atom. The van der Waals surface area contributed by atoms with E-state index in [0.29, 0.717) is 17.7 Å². The molecule has 1 heterocycles. The molecule has 1 aliphatic rings. The first-order valence-electron chi connectivity index (χ1n) is 9.85. The van der Waals surface area contributed by atoms with Crippen LogP contribution in [0.4, 0.5) is 11.4 Å². The maximum absolute atomic E-state index is 11.5. The van der Waals surface area contributed by atoms with E-state index in [1.54, 1.807) is 6.07 Å². The highest BCUT2D eigenvalue weighted by atomic mass is 35.5. The summed E-state index contributed by atoms with van der Waals surface area (Å²) in [6.07, 6.45) is -0.222. The van der Waals surface area contributed by atoms with E-state index >= 15 is 0 Å². The van der Waals surface area contributed by atoms with Crippen molar-refractivity contribution in [1.82, 2.24) is 5.32 Å². The van der Waals surface area contributed by atoms with E-state index in [1.165, 1.54) is 6.07 Å². The third kappa shape index (κ3) is 5.88. The number of nitrogens with one attached hydrogen (secondary N) is 3. The predicted molar refractivity (Wildman–Crippen MR) is 119 cm³/mol. The Bertz CT molecular complexity index is 962. The molecule has 166 valence electrons. The summed E-state index contributed by atoms with van der Waals surface area (Å²) in [5, 5.41) is 29.3. The lowest BCUT2D eigenvalue weighted by Gasteiger charge is -2.29. The van der Waals surface area contributed by atoms with Gasteiger partial charge in [-0.15, -0.1) is 11.6 Å². The van der Waals surface area contributed by atoms with Crippen LogP contribution in [0.25, 0.3) is 0 Å². The second-order valence-corrected chi connectivity index (χ2v) is 8.32. The van der Waals surface area contributed by atoms with E-state index in [0.717, 1.165) is 5.56 Å². The van der Waals surface area contributed by atoms with Gasteiger partial charge in [-0.2, -0.15) is 0 Å². The average molecular weight is 448 g/mol. The lowest BCUT2D eigenvalue weighted by Crippen LogP contribution is -2.43. The number of rotatable bonds is 8. The normalized spacial score (nSPS) is 14.3. The van der Waals surface area contributed by atoms with Gasteiger partial charge in [0.2, 0.25) is 5.91 Å². The lowest BCUT2D eigenvalue weighted by molar-refractivity contribution is -0.118. The van der Waals surface area contributed by atoms with E-state index in [4.69, 9.17) is 16.3 Å². The number of halogens is 1. The molecule has 0 fully saturated rings. The minimum Gasteiger partial charge on any atom is -0.506 e. The molecule has 0 aliphatic carbocycles. The molecule has 2 aromatic rings. The topological polar surface area (TPSA) is 120 Å². The van der Waals surface area contributed by atoms with Crippen LogP contribution in [0.2, 0.25) is 0 Å². The number of β-amino-alcohol motifs (C(OH)–C–C–N with tert-alkyl or cyclic N) is 1. The van der Waals surface area contributed by atoms with Crippen LogP contribution < -0.4 is 20.7 Å². The number of phenolic OH excluding ortho intramolecular Hbond substituents is 1. The van der Waals surface area contributed by atoms with Crippen LogP contribution in [0, 0.1) is 0 Å². The molecular formula is C22H26ClN3O5. The molecule has 1 aliphatic heterocycles. The third-order valence-electron chi connectivity index (χ3n) is 4.92. The first-order chi connectivity index (χ1) is 14.7. The van der Waals surface area contributed by atoms with Gasteiger partial charge in [-0.25, -0.2) is 0 Å². The molecule has 0 saturated carbocycles. The summed E-state index contributed by atoms with van der Waals surface area (Å²) in [6, 6.07) is 10.5. The molecule has 3 rings (SSSR count). The van der Waals surface area contributed by atoms with E-state index in [1.807, 2.05) is 38.1 Å². The second-order valence-electron chi connectivity index (χ2n) is 8.05. The van der Waals surface area contributed by atoms with Gasteiger partial charge < -0.3 is 30.9 Å². The number of aromatic hydroxyl groups is 1. The van der Waals surface area contributed by atoms with Gasteiger partial charge in [0.05, 0.1) is 6.10 Å². The summed E-state index contributed by atoms with van der Waals surface area (Å²) >= 11 is 5.50. The van der Waals surface area contributed by atoms with Crippen molar-refractivity contribution in [3.63, 3.8) is 0 Å². The number of alkyl halides is 1. The van der Waals surface area contributed by atoms with Crippen molar-refractivity contribution in [2.45, 2.75) is 31.9 Å². The number of hydrogen-bond acceptors (Lipinski definition) is 6. The molecule has 0 radical (unpaired) electrons. The number of amides is 2. The summed E-state index contributed by atoms with van der Waals surface area (Å²) in [4.78, 5) is 22.9. The van der Waals surface area contributed by atoms with Crippen LogP contribution in [0.1, 0.15) is 31.1 Å². The monoisotopic (exact) mass is 447 g/mol. The highest BCUT2D eigenvalue weighted by molar-refractivity contribution is 6.29. The Kier molecular flexibility index (Phi) is 7.04. The first kappa shape index (κ1) is 22.9. The van der Waals surface area contributed by atoms with Crippen molar-refractivity contribution in [2.75, 3.05) is 29.7 Å². The smallest absolute Gasteiger partial charge is 0.262 e. The summed E-state index contributed by atoms with van der Waals surface area (Å²) in [5.74, 6) is -0.547. The highest BCUT2D eigenvalue weighted by Gasteiger charge is 2.27. The standard InChI is InChI=1S/C22H26ClN3O5/c1-22(2,9-13-3-5-14(6-4-13)25-18(29)10-23)24-11-17(28)15-7-8-16(27)20-21(15)31-12-19(30)26-20/h3-8,17,24,27-28H,9-12H2,1-2H3,(H,25,29)(H,26,30). The van der Waals surface area contributed by atoms with Gasteiger partial charge in [-0.05, 0) is 50.1 Å². The summed E-state index contributed by atoms with van der Waals surface area (Å²) in [5.41, 5.74) is 2.06. The van der Waals surface area contributed by atoms with Gasteiger partial charge in [-0.1, -0.05) is 12.1 Å². The third-order valence-corrected chi connectivity index (χ3v) is 5.16. The van der Waals surface area contributed by atoms with Crippen molar-refractivity contribution in [3.8, 4) is 11.5 Å². The number of phenols is 1. The molecule has 2 amide bonds. The van der Waals surface area contributed by atoms with Crippen molar-refractivity contribution < 1.29 is 24.5 Å². The number of benzene rings is 2. The Labute approximate surface area is 185 Å². The molecule has 8 nitrogen and oxygen atoms in total. The number of hydrogen-bond donors (Lipinski definition) is 5. The van der Waals surface area contributed by atoms with Crippen LogP contribution in [0.15, 0.2) is 36.4 Å². The zero-order chi connectivity index (χ0) is 22.6. The molecule has 5 N–H and O–H groups in total. The number of carbonyl (C=O) groups excluding carboxylic acids is 2. The van der Waals surface area contributed by atoms with Gasteiger partial charge in [0, 0.05) is 23.3 Å². The molecular weight excluding hydrogens is 422 g/mol. The molecule has 9 heteroatoms. The van der Waals surface area contributed by atoms with E-state index in [2.05, 4.69) is 16.0 Å². The van der Waals surface area contributed by atoms with Gasteiger partial charge in [-0.3, -0.25) is 9.59 Å². The molecule has 1 atom stereocenters. The van der Waals surface area contributed by atoms with E-state index < -0.39 is 6.10 Å². The molecule has 31 heavy (non-hydrogen) atoms. The quantitative estimate of drug-likeness (QED) is 0.313. The number of aliphatic hydroxyl groups excluding tert-OH is 1. The predicted octanol–water partition coefficient (Wildman–Crippen LogP) is 2.54. The average Bonchev–Trinajstić information content (AvgIpc) is 2.74. The van der Waals surface area contributed by atoms with Crippen LogP contribution in [-0.4, -0.2) is 46.6 Å². The minimum absolute atomic E-state index is 0.0946. The SMILES string of the molecule is CC(C)(Cc1ccc(NC(=O)CCl)cc1)NCC(O)c1ccc(O)c2c1OCC(=O)N2. The largest absolute Gasteiger partial charge is 0.506 e. The number of ether oxygens (including phenoxy) is 1. The summed E-state index contributed by atoms with van der Waals surface area (Å²) < 4.78 is 5.45. The highest BCUT2D eigenvalue weighted by Crippen LogP contribution is 2.41. The van der Waals surface area contributed by atoms with Crippen LogP contribution in [0.3, 0.4) is 0 Å². The maximum Gasteiger partial charge on any atom is 0.262 e. The van der Waals surface area contributed by atoms with Crippen molar-refractivity contribution >= 4 is 34.8 Å². The maximum atomic E-state index is 11.5. The van der Waals surface area contributed by atoms with Crippen LogP contribution in [-0.2, 0) is 16.0 Å². The van der Waals surface area contributed by atoms with Gasteiger partial charge in [0.15, 0.2) is 12.4 Å². The fourth-order valence-corrected chi connectivity index (χ4v) is 3.46. The summed E-state index contributed by atoms with van der Waals surface area (Å²) in [7, 11) is 0. The second kappa shape index (κ2) is 9.55. The van der Waals surface area contributed by atoms with Crippen molar-refractivity contribution in [1.29, 1.82) is 0 Å². The Morgan fingerprint density at radius 2 is 1.97 bits per heavy atom. The molecule has 1 unspecified atom stereocenters. The van der Waals surface area contributed by atoms with Crippen LogP contribution >= 0.6 is 11.6 Å². The number of aliphatic hydroxyl groups is 1. The molecule has 0 saturated heterocycles. The summed E-state index contributed by atoms with van der Waals surface area (Å²) in [6.45, 7) is 4.11. The molecule has 0 bridgehead atoms. The zero-order valence-corrected chi connectivity index (χ0v) is 18.1. The lowest BCUT2D eigenvalue weighted by atomic mass is 9.94. The molecule has 0 aromatic heterocycles. The first-order valence-corrected chi connectivity index (χ1v) is 10.4. The van der Waals surface area contributed by atoms with Gasteiger partial charge in [0.1, 0.15) is 17.3 Å². The van der Waals surface area contributed by atoms with E-state index in [-0.39, 0.29) is 53.6 Å². The Hall–Kier alpha value is -2.81. The van der Waals surface area contributed by atoms with Crippen molar-refractivity contribution in [2.24, 2.45) is 0 Å². The minimum atomic E-state index is -0.906. The fourth-order valence-electron chi connectivity index (χ4n) is 3.40. The number of carbonyl (C=O) groups is 2. The molecule has 0 spiro atoms. The fraction of sp³-hybridized carbons (Fsp3) is 0.364.